The third kappa shape index (κ3) is 5.50. The molecule has 0 saturated heterocycles. The predicted molar refractivity (Wildman–Crippen MR) is 70.2 cm³/mol. The summed E-state index contributed by atoms with van der Waals surface area (Å²) in [6.45, 7) is 3.14. The van der Waals surface area contributed by atoms with Crippen molar-refractivity contribution in [3.05, 3.63) is 34.9 Å². The molecule has 0 saturated carbocycles. The van der Waals surface area contributed by atoms with Gasteiger partial charge in [-0.2, -0.15) is 0 Å². The summed E-state index contributed by atoms with van der Waals surface area (Å²) in [5.74, 6) is 0. The summed E-state index contributed by atoms with van der Waals surface area (Å²) in [6, 6.07) is 7.16. The van der Waals surface area contributed by atoms with E-state index in [0.717, 1.165) is 12.0 Å². The first kappa shape index (κ1) is 14.5. The summed E-state index contributed by atoms with van der Waals surface area (Å²) in [4.78, 5) is 0. The van der Waals surface area contributed by atoms with Gasteiger partial charge in [0.1, 0.15) is 0 Å². The highest BCUT2D eigenvalue weighted by molar-refractivity contribution is 6.30. The normalized spacial score (nSPS) is 14.6. The van der Waals surface area contributed by atoms with Gasteiger partial charge in [-0.05, 0) is 37.1 Å². The van der Waals surface area contributed by atoms with Crippen molar-refractivity contribution in [2.45, 2.75) is 32.0 Å². The van der Waals surface area contributed by atoms with Crippen LogP contribution in [0.2, 0.25) is 5.02 Å². The van der Waals surface area contributed by atoms with Gasteiger partial charge in [-0.15, -0.1) is 0 Å². The van der Waals surface area contributed by atoms with Crippen LogP contribution in [0.25, 0.3) is 0 Å². The van der Waals surface area contributed by atoms with Crippen LogP contribution in [0.3, 0.4) is 0 Å². The van der Waals surface area contributed by atoms with Crippen LogP contribution in [0.4, 0.5) is 0 Å². The Morgan fingerprint density at radius 3 is 2.47 bits per heavy atom. The Hall–Kier alpha value is -0.610. The quantitative estimate of drug-likeness (QED) is 0.656. The molecule has 4 heteroatoms. The van der Waals surface area contributed by atoms with Crippen molar-refractivity contribution in [2.75, 3.05) is 13.1 Å². The smallest absolute Gasteiger partial charge is 0.0914 e. The molecule has 0 fully saturated rings. The maximum atomic E-state index is 9.87. The summed E-state index contributed by atoms with van der Waals surface area (Å²) >= 11 is 5.77. The molecule has 2 atom stereocenters. The van der Waals surface area contributed by atoms with Crippen LogP contribution in [0, 0.1) is 0 Å². The highest BCUT2D eigenvalue weighted by Crippen LogP contribution is 2.15. The van der Waals surface area contributed by atoms with Gasteiger partial charge in [-0.1, -0.05) is 30.7 Å². The van der Waals surface area contributed by atoms with Crippen molar-refractivity contribution in [1.82, 2.24) is 5.32 Å². The molecular weight excluding hydrogens is 238 g/mol. The summed E-state index contributed by atoms with van der Waals surface area (Å²) in [5, 5.41) is 23.0. The van der Waals surface area contributed by atoms with Crippen molar-refractivity contribution in [2.24, 2.45) is 0 Å². The van der Waals surface area contributed by atoms with E-state index in [2.05, 4.69) is 5.32 Å². The number of aliphatic hydroxyl groups excluding tert-OH is 2. The van der Waals surface area contributed by atoms with E-state index in [1.165, 1.54) is 0 Å². The number of halogens is 1. The standard InChI is InChI=1S/C13H20ClNO2/c1-2-12(16)7-8-15-9-13(17)10-3-5-11(14)6-4-10/h3-6,12-13,15-17H,2,7-9H2,1H3. The second kappa shape index (κ2) is 7.67. The molecule has 1 rings (SSSR count). The molecule has 0 heterocycles. The summed E-state index contributed by atoms with van der Waals surface area (Å²) in [6.07, 6.45) is 0.687. The van der Waals surface area contributed by atoms with E-state index in [-0.39, 0.29) is 6.10 Å². The monoisotopic (exact) mass is 257 g/mol. The molecule has 1 aromatic rings. The average molecular weight is 258 g/mol. The summed E-state index contributed by atoms with van der Waals surface area (Å²) in [5.41, 5.74) is 0.845. The highest BCUT2D eigenvalue weighted by Gasteiger charge is 2.07. The lowest BCUT2D eigenvalue weighted by Gasteiger charge is -2.13. The van der Waals surface area contributed by atoms with Gasteiger partial charge in [0, 0.05) is 11.6 Å². The Labute approximate surface area is 107 Å². The first-order chi connectivity index (χ1) is 8.13. The molecule has 0 aliphatic rings. The highest BCUT2D eigenvalue weighted by atomic mass is 35.5. The van der Waals surface area contributed by atoms with Crippen LogP contribution in [-0.4, -0.2) is 29.4 Å². The van der Waals surface area contributed by atoms with Gasteiger partial charge in [-0.3, -0.25) is 0 Å². The summed E-state index contributed by atoms with van der Waals surface area (Å²) in [7, 11) is 0. The van der Waals surface area contributed by atoms with Crippen molar-refractivity contribution < 1.29 is 10.2 Å². The first-order valence-electron chi connectivity index (χ1n) is 5.95. The molecule has 0 aliphatic heterocycles. The fraction of sp³-hybridized carbons (Fsp3) is 0.538. The fourth-order valence-corrected chi connectivity index (χ4v) is 1.64. The minimum atomic E-state index is -0.536. The third-order valence-electron chi connectivity index (χ3n) is 2.72. The Morgan fingerprint density at radius 1 is 1.24 bits per heavy atom. The number of hydrogen-bond donors (Lipinski definition) is 3. The molecule has 0 aliphatic carbocycles. The van der Waals surface area contributed by atoms with Gasteiger partial charge >= 0.3 is 0 Å². The number of hydrogen-bond acceptors (Lipinski definition) is 3. The second-order valence-electron chi connectivity index (χ2n) is 4.12. The largest absolute Gasteiger partial charge is 0.393 e. The molecule has 3 N–H and O–H groups in total. The van der Waals surface area contributed by atoms with Gasteiger partial charge in [0.05, 0.1) is 12.2 Å². The number of nitrogens with one attached hydrogen (secondary N) is 1. The maximum absolute atomic E-state index is 9.87. The minimum Gasteiger partial charge on any atom is -0.393 e. The number of rotatable bonds is 7. The molecule has 3 nitrogen and oxygen atoms in total. The van der Waals surface area contributed by atoms with E-state index in [1.807, 2.05) is 19.1 Å². The first-order valence-corrected chi connectivity index (χ1v) is 6.33. The molecule has 0 amide bonds. The van der Waals surface area contributed by atoms with Gasteiger partial charge in [0.15, 0.2) is 0 Å². The fourth-order valence-electron chi connectivity index (χ4n) is 1.51. The molecule has 0 aromatic heterocycles. The maximum Gasteiger partial charge on any atom is 0.0914 e. The lowest BCUT2D eigenvalue weighted by molar-refractivity contribution is 0.150. The van der Waals surface area contributed by atoms with Crippen LogP contribution in [0.5, 0.6) is 0 Å². The van der Waals surface area contributed by atoms with Gasteiger partial charge in [0.2, 0.25) is 0 Å². The number of benzene rings is 1. The van der Waals surface area contributed by atoms with Crippen LogP contribution in [0.1, 0.15) is 31.4 Å². The molecule has 0 radical (unpaired) electrons. The molecule has 2 unspecified atom stereocenters. The van der Waals surface area contributed by atoms with Gasteiger partial charge < -0.3 is 15.5 Å². The zero-order chi connectivity index (χ0) is 12.7. The van der Waals surface area contributed by atoms with Crippen LogP contribution >= 0.6 is 11.6 Å². The van der Waals surface area contributed by atoms with E-state index >= 15 is 0 Å². The molecular formula is C13H20ClNO2. The van der Waals surface area contributed by atoms with Crippen LogP contribution in [-0.2, 0) is 0 Å². The van der Waals surface area contributed by atoms with Crippen molar-refractivity contribution in [3.63, 3.8) is 0 Å². The summed E-state index contributed by atoms with van der Waals surface area (Å²) < 4.78 is 0. The van der Waals surface area contributed by atoms with Gasteiger partial charge in [0.25, 0.3) is 0 Å². The van der Waals surface area contributed by atoms with Gasteiger partial charge in [-0.25, -0.2) is 0 Å². The Morgan fingerprint density at radius 2 is 1.88 bits per heavy atom. The molecule has 1 aromatic carbocycles. The lowest BCUT2D eigenvalue weighted by atomic mass is 10.1. The van der Waals surface area contributed by atoms with Crippen molar-refractivity contribution in [3.8, 4) is 0 Å². The second-order valence-corrected chi connectivity index (χ2v) is 4.56. The van der Waals surface area contributed by atoms with E-state index < -0.39 is 6.10 Å². The minimum absolute atomic E-state index is 0.254. The SMILES string of the molecule is CCC(O)CCNCC(O)c1ccc(Cl)cc1. The lowest BCUT2D eigenvalue weighted by Crippen LogP contribution is -2.25. The van der Waals surface area contributed by atoms with E-state index in [0.29, 0.717) is 24.5 Å². The third-order valence-corrected chi connectivity index (χ3v) is 2.97. The van der Waals surface area contributed by atoms with Crippen LogP contribution in [0.15, 0.2) is 24.3 Å². The van der Waals surface area contributed by atoms with Crippen molar-refractivity contribution in [1.29, 1.82) is 0 Å². The zero-order valence-electron chi connectivity index (χ0n) is 10.1. The van der Waals surface area contributed by atoms with E-state index in [4.69, 9.17) is 11.6 Å². The predicted octanol–water partition coefficient (Wildman–Crippen LogP) is 2.12. The van der Waals surface area contributed by atoms with E-state index in [9.17, 15) is 10.2 Å². The average Bonchev–Trinajstić information content (AvgIpc) is 2.34. The van der Waals surface area contributed by atoms with E-state index in [1.54, 1.807) is 12.1 Å². The Kier molecular flexibility index (Phi) is 6.52. The zero-order valence-corrected chi connectivity index (χ0v) is 10.8. The number of aliphatic hydroxyl groups is 2. The van der Waals surface area contributed by atoms with Crippen molar-refractivity contribution >= 4 is 11.6 Å². The Bertz CT molecular complexity index is 316. The molecule has 0 spiro atoms. The topological polar surface area (TPSA) is 52.5 Å². The molecule has 0 bridgehead atoms. The van der Waals surface area contributed by atoms with Crippen LogP contribution < -0.4 is 5.32 Å². The molecule has 96 valence electrons. The molecule has 17 heavy (non-hydrogen) atoms. The Balaban J connectivity index is 2.25.